The van der Waals surface area contributed by atoms with Crippen molar-refractivity contribution in [3.63, 3.8) is 0 Å². The second-order valence-electron chi connectivity index (χ2n) is 7.95. The van der Waals surface area contributed by atoms with Crippen LogP contribution in [0.5, 0.6) is 0 Å². The Morgan fingerprint density at radius 2 is 1.70 bits per heavy atom. The number of halogens is 3. The van der Waals surface area contributed by atoms with Gasteiger partial charge < -0.3 is 5.32 Å². The molecule has 168 valence electrons. The fraction of sp³-hybridized carbons (Fsp3) is 0.160. The number of amides is 1. The van der Waals surface area contributed by atoms with Crippen LogP contribution in [-0.4, -0.2) is 20.7 Å². The molecular weight excluding hydrogens is 568 g/mol. The number of nitrogens with one attached hydrogen (secondary N) is 1. The number of nitrogens with zero attached hydrogens (tertiary/aromatic N) is 3. The van der Waals surface area contributed by atoms with Crippen molar-refractivity contribution in [2.75, 3.05) is 5.32 Å². The van der Waals surface area contributed by atoms with Crippen molar-refractivity contribution in [3.8, 4) is 17.1 Å². The lowest BCUT2D eigenvalue weighted by molar-refractivity contribution is 0.101. The number of carbonyl (C=O) groups is 1. The van der Waals surface area contributed by atoms with Crippen molar-refractivity contribution in [1.29, 1.82) is 0 Å². The molecule has 0 saturated heterocycles. The van der Waals surface area contributed by atoms with Gasteiger partial charge in [-0.25, -0.2) is 9.67 Å². The van der Waals surface area contributed by atoms with E-state index in [2.05, 4.69) is 61.1 Å². The maximum Gasteiger partial charge on any atom is 0.295 e. The van der Waals surface area contributed by atoms with Crippen LogP contribution in [0.1, 0.15) is 41.5 Å². The molecule has 0 radical (unpaired) electrons. The maximum absolute atomic E-state index is 13.2. The van der Waals surface area contributed by atoms with E-state index in [1.807, 2.05) is 67.6 Å². The maximum atomic E-state index is 13.2. The highest BCUT2D eigenvalue weighted by atomic mass is 79.9. The third kappa shape index (κ3) is 5.21. The van der Waals surface area contributed by atoms with Crippen LogP contribution in [0, 0.1) is 6.92 Å². The van der Waals surface area contributed by atoms with Crippen LogP contribution < -0.4 is 5.32 Å². The second kappa shape index (κ2) is 9.79. The van der Waals surface area contributed by atoms with E-state index in [0.29, 0.717) is 10.8 Å². The summed E-state index contributed by atoms with van der Waals surface area (Å²) < 4.78 is 3.56. The smallest absolute Gasteiger partial charge is 0.295 e. The molecule has 0 aliphatic heterocycles. The number of benzene rings is 3. The molecule has 3 aromatic carbocycles. The first-order chi connectivity index (χ1) is 15.7. The fourth-order valence-corrected chi connectivity index (χ4v) is 4.21. The number of rotatable bonds is 5. The largest absolute Gasteiger partial charge is 0.319 e. The Kier molecular flexibility index (Phi) is 7.02. The minimum Gasteiger partial charge on any atom is -0.319 e. The summed E-state index contributed by atoms with van der Waals surface area (Å²) in [5.41, 5.74) is 4.27. The summed E-state index contributed by atoms with van der Waals surface area (Å²) in [6, 6.07) is 19.1. The molecule has 0 fully saturated rings. The summed E-state index contributed by atoms with van der Waals surface area (Å²) in [7, 11) is 0. The first-order valence-electron chi connectivity index (χ1n) is 10.3. The van der Waals surface area contributed by atoms with Crippen molar-refractivity contribution in [3.05, 3.63) is 91.6 Å². The lowest BCUT2D eigenvalue weighted by Gasteiger charge is -2.13. The van der Waals surface area contributed by atoms with E-state index in [0.717, 1.165) is 37.0 Å². The van der Waals surface area contributed by atoms with Gasteiger partial charge in [0.15, 0.2) is 5.82 Å². The van der Waals surface area contributed by atoms with Gasteiger partial charge in [-0.2, -0.15) is 0 Å². The van der Waals surface area contributed by atoms with E-state index in [1.165, 1.54) is 0 Å². The molecule has 4 rings (SSSR count). The SMILES string of the molecule is Cc1ccc(-n2nc(C(=O)Nc3ccc(Br)cc3C(C)C)nc2-c2ccc(Br)cc2)cc1Cl. The van der Waals surface area contributed by atoms with Gasteiger partial charge in [0.2, 0.25) is 5.82 Å². The van der Waals surface area contributed by atoms with Gasteiger partial charge in [-0.1, -0.05) is 75.5 Å². The number of aryl methyl sites for hydroxylation is 1. The molecule has 33 heavy (non-hydrogen) atoms. The monoisotopic (exact) mass is 586 g/mol. The topological polar surface area (TPSA) is 59.8 Å². The average molecular weight is 589 g/mol. The summed E-state index contributed by atoms with van der Waals surface area (Å²) in [5, 5.41) is 8.15. The molecule has 1 amide bonds. The normalized spacial score (nSPS) is 11.1. The van der Waals surface area contributed by atoms with Crippen LogP contribution in [0.4, 0.5) is 5.69 Å². The molecule has 0 unspecified atom stereocenters. The van der Waals surface area contributed by atoms with Crippen LogP contribution >= 0.6 is 43.5 Å². The summed E-state index contributed by atoms with van der Waals surface area (Å²) >= 11 is 13.3. The van der Waals surface area contributed by atoms with Crippen LogP contribution in [0.25, 0.3) is 17.1 Å². The summed E-state index contributed by atoms with van der Waals surface area (Å²) in [5.74, 6) is 0.473. The van der Waals surface area contributed by atoms with Gasteiger partial charge in [0.1, 0.15) is 0 Å². The minimum absolute atomic E-state index is 0.0715. The quantitative estimate of drug-likeness (QED) is 0.259. The van der Waals surface area contributed by atoms with E-state index in [9.17, 15) is 4.79 Å². The van der Waals surface area contributed by atoms with E-state index in [-0.39, 0.29) is 17.6 Å². The molecule has 5 nitrogen and oxygen atoms in total. The Bertz CT molecular complexity index is 1330. The summed E-state index contributed by atoms with van der Waals surface area (Å²) in [6.07, 6.45) is 0. The Morgan fingerprint density at radius 1 is 1.00 bits per heavy atom. The van der Waals surface area contributed by atoms with E-state index < -0.39 is 0 Å². The van der Waals surface area contributed by atoms with Crippen LogP contribution in [0.15, 0.2) is 69.6 Å². The van der Waals surface area contributed by atoms with Crippen molar-refractivity contribution in [2.45, 2.75) is 26.7 Å². The molecule has 8 heteroatoms. The zero-order chi connectivity index (χ0) is 23.7. The predicted octanol–water partition coefficient (Wildman–Crippen LogP) is 7.80. The first-order valence-corrected chi connectivity index (χ1v) is 12.3. The summed E-state index contributed by atoms with van der Waals surface area (Å²) in [4.78, 5) is 17.8. The second-order valence-corrected chi connectivity index (χ2v) is 10.2. The Morgan fingerprint density at radius 3 is 2.36 bits per heavy atom. The minimum atomic E-state index is -0.380. The Balaban J connectivity index is 1.77. The van der Waals surface area contributed by atoms with Crippen LogP contribution in [0.3, 0.4) is 0 Å². The Labute approximate surface area is 214 Å². The van der Waals surface area contributed by atoms with Crippen molar-refractivity contribution in [1.82, 2.24) is 14.8 Å². The highest BCUT2D eigenvalue weighted by Gasteiger charge is 2.21. The van der Waals surface area contributed by atoms with Gasteiger partial charge in [-0.15, -0.1) is 5.10 Å². The Hall–Kier alpha value is -2.48. The number of aromatic nitrogens is 3. The number of hydrogen-bond donors (Lipinski definition) is 1. The van der Waals surface area contributed by atoms with Gasteiger partial charge in [-0.3, -0.25) is 4.79 Å². The molecule has 1 heterocycles. The molecule has 1 aromatic heterocycles. The number of carbonyl (C=O) groups excluding carboxylic acids is 1. The van der Waals surface area contributed by atoms with Gasteiger partial charge in [-0.05, 0) is 66.4 Å². The third-order valence-electron chi connectivity index (χ3n) is 5.20. The highest BCUT2D eigenvalue weighted by Crippen LogP contribution is 2.29. The first kappa shape index (κ1) is 23.7. The molecule has 0 aliphatic carbocycles. The fourth-order valence-electron chi connectivity index (χ4n) is 3.39. The van der Waals surface area contributed by atoms with E-state index >= 15 is 0 Å². The van der Waals surface area contributed by atoms with Crippen LogP contribution in [-0.2, 0) is 0 Å². The van der Waals surface area contributed by atoms with Gasteiger partial charge in [0.05, 0.1) is 5.69 Å². The molecule has 0 aliphatic rings. The van der Waals surface area contributed by atoms with E-state index in [1.54, 1.807) is 4.68 Å². The predicted molar refractivity (Wildman–Crippen MR) is 140 cm³/mol. The highest BCUT2D eigenvalue weighted by molar-refractivity contribution is 9.10. The van der Waals surface area contributed by atoms with Gasteiger partial charge in [0.25, 0.3) is 5.91 Å². The van der Waals surface area contributed by atoms with Gasteiger partial charge in [0, 0.05) is 25.2 Å². The summed E-state index contributed by atoms with van der Waals surface area (Å²) in [6.45, 7) is 6.10. The lowest BCUT2D eigenvalue weighted by atomic mass is 10.0. The van der Waals surface area contributed by atoms with Crippen molar-refractivity contribution >= 4 is 55.1 Å². The standard InChI is InChI=1S/C25H21Br2ClN4O/c1-14(2)20-12-18(27)9-11-22(20)29-25(33)23-30-24(16-5-7-17(26)8-6-16)32(31-23)19-10-4-15(3)21(28)13-19/h4-14H,1-3H3,(H,29,33). The average Bonchev–Trinajstić information content (AvgIpc) is 3.23. The lowest BCUT2D eigenvalue weighted by Crippen LogP contribution is -2.16. The molecular formula is C25H21Br2ClN4O. The van der Waals surface area contributed by atoms with E-state index in [4.69, 9.17) is 11.6 Å². The zero-order valence-electron chi connectivity index (χ0n) is 18.2. The van der Waals surface area contributed by atoms with Crippen LogP contribution in [0.2, 0.25) is 5.02 Å². The van der Waals surface area contributed by atoms with Crippen molar-refractivity contribution < 1.29 is 4.79 Å². The molecule has 0 atom stereocenters. The molecule has 1 N–H and O–H groups in total. The van der Waals surface area contributed by atoms with Gasteiger partial charge >= 0.3 is 0 Å². The molecule has 4 aromatic rings. The van der Waals surface area contributed by atoms with Crippen molar-refractivity contribution in [2.24, 2.45) is 0 Å². The molecule has 0 bridgehead atoms. The molecule has 0 saturated carbocycles. The zero-order valence-corrected chi connectivity index (χ0v) is 22.2. The molecule has 0 spiro atoms. The number of hydrogen-bond acceptors (Lipinski definition) is 3. The number of anilines is 1. The third-order valence-corrected chi connectivity index (χ3v) is 6.63.